The van der Waals surface area contributed by atoms with Crippen molar-refractivity contribution in [3.8, 4) is 16.9 Å². The van der Waals surface area contributed by atoms with Crippen molar-refractivity contribution in [3.63, 3.8) is 0 Å². The summed E-state index contributed by atoms with van der Waals surface area (Å²) >= 11 is 0. The highest BCUT2D eigenvalue weighted by Gasteiger charge is 2.31. The van der Waals surface area contributed by atoms with Gasteiger partial charge in [-0.05, 0) is 104 Å². The molecule has 6 rings (SSSR count). The largest absolute Gasteiger partial charge is 0.506 e. The summed E-state index contributed by atoms with van der Waals surface area (Å²) in [6.07, 6.45) is 4.43. The number of aryl methyl sites for hydroxylation is 1. The summed E-state index contributed by atoms with van der Waals surface area (Å²) < 4.78 is 0. The predicted molar refractivity (Wildman–Crippen MR) is 235 cm³/mol. The number of carbonyl (C=O) groups excluding carboxylic acids is 2. The number of unbranched alkanes of at least 4 members (excludes halogenated alkanes) is 1. The summed E-state index contributed by atoms with van der Waals surface area (Å²) in [6, 6.07) is 29.2. The average Bonchev–Trinajstić information content (AvgIpc) is 3.24. The number of amides is 3. The summed E-state index contributed by atoms with van der Waals surface area (Å²) in [5, 5.41) is 38.0. The number of H-pyrrole nitrogens is 1. The molecule has 13 heteroatoms. The molecule has 3 amide bonds. The number of nitrogens with two attached hydrogens (primary N) is 1. The molecule has 1 unspecified atom stereocenters. The highest BCUT2D eigenvalue weighted by molar-refractivity contribution is 5.94. The molecule has 60 heavy (non-hydrogen) atoms. The van der Waals surface area contributed by atoms with Gasteiger partial charge in [-0.15, -0.1) is 0 Å². The van der Waals surface area contributed by atoms with Crippen molar-refractivity contribution in [2.45, 2.75) is 88.9 Å². The van der Waals surface area contributed by atoms with E-state index in [9.17, 15) is 34.5 Å². The molecule has 1 atom stereocenters. The van der Waals surface area contributed by atoms with Gasteiger partial charge in [-0.1, -0.05) is 60.7 Å². The monoisotopic (exact) mass is 816 g/mol. The first-order chi connectivity index (χ1) is 29.0. The fourth-order valence-corrected chi connectivity index (χ4v) is 7.95. The van der Waals surface area contributed by atoms with Gasteiger partial charge in [0.15, 0.2) is 0 Å². The number of carbonyl (C=O) groups is 3. The number of benzene rings is 4. The van der Waals surface area contributed by atoms with Crippen LogP contribution in [0.3, 0.4) is 0 Å². The van der Waals surface area contributed by atoms with Crippen LogP contribution in [0.5, 0.6) is 5.75 Å². The third-order valence-corrected chi connectivity index (χ3v) is 11.3. The van der Waals surface area contributed by atoms with E-state index in [2.05, 4.69) is 15.6 Å². The molecule has 8 N–H and O–H groups in total. The number of aromatic amines is 1. The van der Waals surface area contributed by atoms with E-state index < -0.39 is 12.2 Å². The summed E-state index contributed by atoms with van der Waals surface area (Å²) in [5.41, 5.74) is 11.8. The number of hydrogen-bond donors (Lipinski definition) is 7. The molecule has 1 aromatic heterocycles. The quantitative estimate of drug-likeness (QED) is 0.0452. The van der Waals surface area contributed by atoms with E-state index in [0.29, 0.717) is 73.9 Å². The van der Waals surface area contributed by atoms with Crippen LogP contribution in [-0.2, 0) is 22.6 Å². The van der Waals surface area contributed by atoms with Crippen molar-refractivity contribution in [2.24, 2.45) is 5.73 Å². The smallest absolute Gasteiger partial charge is 0.412 e. The van der Waals surface area contributed by atoms with E-state index in [1.807, 2.05) is 72.8 Å². The van der Waals surface area contributed by atoms with E-state index >= 15 is 0 Å². The topological polar surface area (TPSA) is 201 Å². The molecule has 1 fully saturated rings. The van der Waals surface area contributed by atoms with E-state index in [1.54, 1.807) is 24.1 Å². The highest BCUT2D eigenvalue weighted by atomic mass is 16.4. The Hall–Kier alpha value is -6.02. The van der Waals surface area contributed by atoms with Gasteiger partial charge in [0.05, 0.1) is 17.3 Å². The first-order valence-electron chi connectivity index (χ1n) is 20.8. The average molecular weight is 817 g/mol. The second-order valence-corrected chi connectivity index (χ2v) is 15.7. The summed E-state index contributed by atoms with van der Waals surface area (Å²) in [7, 11) is 1.78. The van der Waals surface area contributed by atoms with Gasteiger partial charge in [-0.25, -0.2) is 4.79 Å². The van der Waals surface area contributed by atoms with Crippen molar-refractivity contribution in [3.05, 3.63) is 124 Å². The molecule has 13 nitrogen and oxygen atoms in total. The Labute approximate surface area is 350 Å². The molecule has 0 saturated heterocycles. The van der Waals surface area contributed by atoms with Gasteiger partial charge in [-0.2, -0.15) is 0 Å². The Morgan fingerprint density at radius 3 is 2.33 bits per heavy atom. The first kappa shape index (κ1) is 43.6. The molecule has 1 saturated carbocycles. The molecule has 0 radical (unpaired) electrons. The fourth-order valence-electron chi connectivity index (χ4n) is 7.95. The maximum Gasteiger partial charge on any atom is 0.412 e. The maximum atomic E-state index is 13.0. The normalized spacial score (nSPS) is 15.7. The zero-order chi connectivity index (χ0) is 42.6. The SMILES string of the molecule is CN(CCCCC(=O)Nc1ccc(CNCC(O)c2ccc(O)c3[nH]c(=O)ccc23)cc1)C(=O)CCCc1ccc(-c2ccccc2)c(N(C(=O)O)[C@H]2CC[C@H](N)CC2)c1. The third-order valence-electron chi connectivity index (χ3n) is 11.3. The third kappa shape index (κ3) is 11.6. The molecule has 1 heterocycles. The van der Waals surface area contributed by atoms with E-state index in [0.717, 1.165) is 47.9 Å². The zero-order valence-corrected chi connectivity index (χ0v) is 34.1. The maximum absolute atomic E-state index is 13.0. The lowest BCUT2D eigenvalue weighted by atomic mass is 9.89. The minimum Gasteiger partial charge on any atom is -0.506 e. The Morgan fingerprint density at radius 2 is 1.60 bits per heavy atom. The van der Waals surface area contributed by atoms with Gasteiger partial charge < -0.3 is 41.6 Å². The van der Waals surface area contributed by atoms with Gasteiger partial charge in [0.25, 0.3) is 0 Å². The molecule has 1 aliphatic carbocycles. The number of hydrogen-bond acceptors (Lipinski definition) is 8. The Morgan fingerprint density at radius 1 is 0.867 bits per heavy atom. The van der Waals surface area contributed by atoms with Crippen LogP contribution >= 0.6 is 0 Å². The van der Waals surface area contributed by atoms with Crippen LogP contribution in [-0.4, -0.2) is 75.3 Å². The number of anilines is 2. The van der Waals surface area contributed by atoms with E-state index in [1.165, 1.54) is 17.0 Å². The fraction of sp³-hybridized carbons (Fsp3) is 0.362. The number of fused-ring (bicyclic) bond motifs is 1. The zero-order valence-electron chi connectivity index (χ0n) is 34.1. The Balaban J connectivity index is 0.905. The minimum absolute atomic E-state index is 0.0294. The number of aromatic nitrogens is 1. The lowest BCUT2D eigenvalue weighted by Crippen LogP contribution is -2.44. The number of phenolic OH excluding ortho intramolecular Hbond substituents is 1. The predicted octanol–water partition coefficient (Wildman–Crippen LogP) is 7.07. The summed E-state index contributed by atoms with van der Waals surface area (Å²) in [4.78, 5) is 55.9. The van der Waals surface area contributed by atoms with Crippen molar-refractivity contribution < 1.29 is 29.7 Å². The minimum atomic E-state index is -0.975. The molecule has 0 spiro atoms. The lowest BCUT2D eigenvalue weighted by molar-refractivity contribution is -0.130. The Bertz CT molecular complexity index is 2290. The number of nitrogens with one attached hydrogen (secondary N) is 3. The van der Waals surface area contributed by atoms with Gasteiger partial charge >= 0.3 is 6.09 Å². The number of aliphatic hydroxyl groups is 1. The van der Waals surface area contributed by atoms with E-state index in [-0.39, 0.29) is 47.3 Å². The van der Waals surface area contributed by atoms with Crippen molar-refractivity contribution >= 4 is 40.2 Å². The summed E-state index contributed by atoms with van der Waals surface area (Å²) in [5.74, 6) is -0.137. The van der Waals surface area contributed by atoms with Crippen molar-refractivity contribution in [1.29, 1.82) is 0 Å². The second-order valence-electron chi connectivity index (χ2n) is 15.7. The lowest BCUT2D eigenvalue weighted by Gasteiger charge is -2.35. The molecule has 0 bridgehead atoms. The number of rotatable bonds is 18. The van der Waals surface area contributed by atoms with Crippen molar-refractivity contribution in [1.82, 2.24) is 15.2 Å². The van der Waals surface area contributed by atoms with E-state index in [4.69, 9.17) is 5.73 Å². The van der Waals surface area contributed by atoms with Gasteiger partial charge in [-0.3, -0.25) is 19.3 Å². The summed E-state index contributed by atoms with van der Waals surface area (Å²) in [6.45, 7) is 1.27. The second kappa shape index (κ2) is 20.8. The van der Waals surface area contributed by atoms with Crippen LogP contribution < -0.4 is 26.8 Å². The van der Waals surface area contributed by atoms with Crippen LogP contribution in [0.2, 0.25) is 0 Å². The molecule has 0 aliphatic heterocycles. The van der Waals surface area contributed by atoms with Crippen molar-refractivity contribution in [2.75, 3.05) is 30.4 Å². The van der Waals surface area contributed by atoms with Gasteiger partial charge in [0, 0.05) is 74.3 Å². The first-order valence-corrected chi connectivity index (χ1v) is 20.8. The standard InChI is InChI=1S/C47H56N6O7/c1-52(45(58)12-7-8-31-15-22-37(33-9-3-2-4-10-33)40(28-31)53(47(59)60)36-20-16-34(48)17-21-36)27-6-5-11-43(56)50-35-18-13-32(14-19-35)29-49-30-42(55)38-23-25-41(54)46-39(38)24-26-44(57)51-46/h2-4,9-10,13-15,18-19,22-26,28,34,36,42,49,54-55H,5-8,11-12,16-17,20-21,27,29-30,48H2,1H3,(H,50,56)(H,51,57)(H,59,60)/t34-,36-,42?. The number of aromatic hydroxyl groups is 1. The molecule has 4 aromatic carbocycles. The number of carboxylic acid groups (broad SMARTS) is 1. The molecule has 5 aromatic rings. The number of aliphatic hydroxyl groups excluding tert-OH is 1. The number of pyridine rings is 1. The van der Waals surface area contributed by atoms with Gasteiger partial charge in [0.1, 0.15) is 5.75 Å². The van der Waals surface area contributed by atoms with Crippen LogP contribution in [0.4, 0.5) is 16.2 Å². The van der Waals surface area contributed by atoms with Crippen LogP contribution in [0.1, 0.15) is 80.6 Å². The number of phenols is 1. The Kier molecular flexibility index (Phi) is 15.1. The molecular formula is C47H56N6O7. The highest BCUT2D eigenvalue weighted by Crippen LogP contribution is 2.36. The molecule has 1 aliphatic rings. The number of nitrogens with zero attached hydrogens (tertiary/aromatic N) is 2. The van der Waals surface area contributed by atoms with Crippen LogP contribution in [0, 0.1) is 0 Å². The van der Waals surface area contributed by atoms with Gasteiger partial charge in [0.2, 0.25) is 17.4 Å². The molecule has 316 valence electrons. The molecular weight excluding hydrogens is 761 g/mol. The van der Waals surface area contributed by atoms with Crippen LogP contribution in [0.15, 0.2) is 102 Å². The van der Waals surface area contributed by atoms with Crippen LogP contribution in [0.25, 0.3) is 22.0 Å².